The van der Waals surface area contributed by atoms with E-state index in [9.17, 15) is 13.6 Å². The average Bonchev–Trinajstić information content (AvgIpc) is 2.26. The monoisotopic (exact) mass is 274 g/mol. The van der Waals surface area contributed by atoms with E-state index in [4.69, 9.17) is 11.6 Å². The van der Waals surface area contributed by atoms with Crippen molar-refractivity contribution in [3.63, 3.8) is 0 Å². The van der Waals surface area contributed by atoms with Crippen LogP contribution in [-0.2, 0) is 11.1 Å². The fraction of sp³-hybridized carbons (Fsp3) is 0.364. The second kappa shape index (κ2) is 6.14. The Morgan fingerprint density at radius 1 is 1.53 bits per heavy atom. The largest absolute Gasteiger partial charge is 0.768 e. The maximum absolute atomic E-state index is 11.7. The predicted molar refractivity (Wildman–Crippen MR) is 65.8 cm³/mol. The molecule has 0 saturated carbocycles. The molecular formula is C11H13ClNO3S-. The van der Waals surface area contributed by atoms with Crippen LogP contribution in [-0.4, -0.2) is 21.2 Å². The van der Waals surface area contributed by atoms with Gasteiger partial charge in [0.05, 0.1) is 5.02 Å². The summed E-state index contributed by atoms with van der Waals surface area (Å²) < 4.78 is 21.7. The molecule has 0 heterocycles. The minimum Gasteiger partial charge on any atom is -0.768 e. The Bertz CT molecular complexity index is 448. The zero-order chi connectivity index (χ0) is 13.0. The van der Waals surface area contributed by atoms with Crippen LogP contribution < -0.4 is 5.32 Å². The number of nitrogens with one attached hydrogen (secondary N) is 1. The first-order valence-electron chi connectivity index (χ1n) is 5.09. The third kappa shape index (κ3) is 4.11. The zero-order valence-corrected chi connectivity index (χ0v) is 11.1. The van der Waals surface area contributed by atoms with Gasteiger partial charge in [0.25, 0.3) is 5.91 Å². The molecule has 1 atom stereocenters. The highest BCUT2D eigenvalue weighted by molar-refractivity contribution is 7.79. The van der Waals surface area contributed by atoms with E-state index in [0.29, 0.717) is 12.5 Å². The maximum atomic E-state index is 11.7. The molecule has 0 spiro atoms. The van der Waals surface area contributed by atoms with Gasteiger partial charge < -0.3 is 9.87 Å². The summed E-state index contributed by atoms with van der Waals surface area (Å²) in [6.07, 6.45) is 0. The summed E-state index contributed by atoms with van der Waals surface area (Å²) in [6.45, 7) is 4.48. The SMILES string of the molecule is CC(C)CNC(=O)c1ccc(Cl)c(S(=O)[O-])c1. The van der Waals surface area contributed by atoms with E-state index in [-0.39, 0.29) is 21.4 Å². The van der Waals surface area contributed by atoms with Gasteiger partial charge in [-0.25, -0.2) is 0 Å². The smallest absolute Gasteiger partial charge is 0.251 e. The Morgan fingerprint density at radius 3 is 2.71 bits per heavy atom. The minimum atomic E-state index is -2.44. The van der Waals surface area contributed by atoms with Crippen LogP contribution in [0.15, 0.2) is 23.1 Å². The van der Waals surface area contributed by atoms with Gasteiger partial charge in [0.15, 0.2) is 0 Å². The Labute approximate surface area is 108 Å². The van der Waals surface area contributed by atoms with E-state index < -0.39 is 11.1 Å². The number of hydrogen-bond acceptors (Lipinski definition) is 3. The molecule has 0 aliphatic rings. The molecule has 1 aromatic rings. The maximum Gasteiger partial charge on any atom is 0.251 e. The summed E-state index contributed by atoms with van der Waals surface area (Å²) in [5.41, 5.74) is 0.286. The van der Waals surface area contributed by atoms with E-state index >= 15 is 0 Å². The lowest BCUT2D eigenvalue weighted by molar-refractivity contribution is 0.0949. The van der Waals surface area contributed by atoms with Gasteiger partial charge in [-0.15, -0.1) is 0 Å². The van der Waals surface area contributed by atoms with Crippen molar-refractivity contribution in [3.8, 4) is 0 Å². The van der Waals surface area contributed by atoms with Gasteiger partial charge in [-0.2, -0.15) is 0 Å². The van der Waals surface area contributed by atoms with Crippen molar-refractivity contribution in [1.82, 2.24) is 5.32 Å². The first kappa shape index (κ1) is 14.2. The van der Waals surface area contributed by atoms with E-state index in [0.717, 1.165) is 0 Å². The van der Waals surface area contributed by atoms with Gasteiger partial charge in [-0.3, -0.25) is 9.00 Å². The van der Waals surface area contributed by atoms with Crippen molar-refractivity contribution in [2.45, 2.75) is 18.7 Å². The van der Waals surface area contributed by atoms with Crippen molar-refractivity contribution < 1.29 is 13.6 Å². The molecule has 1 amide bonds. The average molecular weight is 275 g/mol. The van der Waals surface area contributed by atoms with Crippen LogP contribution in [0.4, 0.5) is 0 Å². The molecule has 0 saturated heterocycles. The zero-order valence-electron chi connectivity index (χ0n) is 9.53. The molecule has 1 aromatic carbocycles. The van der Waals surface area contributed by atoms with Gasteiger partial charge in [0.2, 0.25) is 0 Å². The molecule has 0 bridgehead atoms. The molecule has 1 rings (SSSR count). The van der Waals surface area contributed by atoms with Crippen LogP contribution in [0.25, 0.3) is 0 Å². The third-order valence-electron chi connectivity index (χ3n) is 2.04. The lowest BCUT2D eigenvalue weighted by Gasteiger charge is -2.11. The summed E-state index contributed by atoms with van der Waals surface area (Å²) in [5, 5.41) is 2.81. The van der Waals surface area contributed by atoms with Gasteiger partial charge in [0.1, 0.15) is 0 Å². The highest BCUT2D eigenvalue weighted by Gasteiger charge is 2.09. The molecule has 1 unspecified atom stereocenters. The van der Waals surface area contributed by atoms with Crippen LogP contribution in [0.5, 0.6) is 0 Å². The van der Waals surface area contributed by atoms with Gasteiger partial charge in [-0.05, 0) is 35.2 Å². The Hall–Kier alpha value is -0.910. The summed E-state index contributed by atoms with van der Waals surface area (Å²) in [5.74, 6) is 0.0291. The second-order valence-electron chi connectivity index (χ2n) is 3.98. The van der Waals surface area contributed by atoms with Crippen molar-refractivity contribution in [3.05, 3.63) is 28.8 Å². The van der Waals surface area contributed by atoms with Gasteiger partial charge >= 0.3 is 0 Å². The Morgan fingerprint density at radius 2 is 2.18 bits per heavy atom. The third-order valence-corrected chi connectivity index (χ3v) is 3.18. The normalized spacial score (nSPS) is 12.5. The van der Waals surface area contributed by atoms with Crippen LogP contribution in [0.1, 0.15) is 24.2 Å². The molecular weight excluding hydrogens is 262 g/mol. The molecule has 0 aliphatic carbocycles. The number of hydrogen-bond donors (Lipinski definition) is 1. The molecule has 17 heavy (non-hydrogen) atoms. The molecule has 0 fully saturated rings. The highest BCUT2D eigenvalue weighted by atomic mass is 35.5. The quantitative estimate of drug-likeness (QED) is 0.854. The van der Waals surface area contributed by atoms with E-state index in [2.05, 4.69) is 5.32 Å². The summed E-state index contributed by atoms with van der Waals surface area (Å²) >= 11 is 3.26. The number of benzene rings is 1. The Balaban J connectivity index is 2.88. The summed E-state index contributed by atoms with van der Waals surface area (Å²) in [6, 6.07) is 4.16. The topological polar surface area (TPSA) is 69.2 Å². The van der Waals surface area contributed by atoms with E-state index in [1.54, 1.807) is 0 Å². The van der Waals surface area contributed by atoms with Crippen LogP contribution >= 0.6 is 11.6 Å². The van der Waals surface area contributed by atoms with Crippen molar-refractivity contribution in [2.75, 3.05) is 6.54 Å². The molecule has 4 nitrogen and oxygen atoms in total. The summed E-state index contributed by atoms with van der Waals surface area (Å²) in [4.78, 5) is 11.6. The minimum absolute atomic E-state index is 0.0659. The fourth-order valence-corrected chi connectivity index (χ4v) is 1.93. The lowest BCUT2D eigenvalue weighted by atomic mass is 10.2. The fourth-order valence-electron chi connectivity index (χ4n) is 1.17. The van der Waals surface area contributed by atoms with Gasteiger partial charge in [0, 0.05) is 17.0 Å². The highest BCUT2D eigenvalue weighted by Crippen LogP contribution is 2.20. The number of amides is 1. The lowest BCUT2D eigenvalue weighted by Crippen LogP contribution is -2.27. The number of carbonyl (C=O) groups is 1. The van der Waals surface area contributed by atoms with Crippen molar-refractivity contribution >= 4 is 28.6 Å². The van der Waals surface area contributed by atoms with Crippen molar-refractivity contribution in [2.24, 2.45) is 5.92 Å². The van der Waals surface area contributed by atoms with Crippen molar-refractivity contribution in [1.29, 1.82) is 0 Å². The van der Waals surface area contributed by atoms with Crippen LogP contribution in [0.2, 0.25) is 5.02 Å². The second-order valence-corrected chi connectivity index (χ2v) is 5.30. The molecule has 94 valence electrons. The van der Waals surface area contributed by atoms with E-state index in [1.807, 2.05) is 13.8 Å². The van der Waals surface area contributed by atoms with Crippen LogP contribution in [0.3, 0.4) is 0 Å². The van der Waals surface area contributed by atoms with Gasteiger partial charge in [-0.1, -0.05) is 25.4 Å². The molecule has 0 aromatic heterocycles. The Kier molecular flexibility index (Phi) is 5.11. The number of carbonyl (C=O) groups excluding carboxylic acids is 1. The van der Waals surface area contributed by atoms with Crippen LogP contribution in [0, 0.1) is 5.92 Å². The predicted octanol–water partition coefficient (Wildman–Crippen LogP) is 1.96. The molecule has 1 N–H and O–H groups in total. The van der Waals surface area contributed by atoms with E-state index in [1.165, 1.54) is 18.2 Å². The molecule has 0 aliphatic heterocycles. The first-order chi connectivity index (χ1) is 7.91. The summed E-state index contributed by atoms with van der Waals surface area (Å²) in [7, 11) is 0. The number of halogens is 1. The standard InChI is InChI=1S/C11H14ClNO3S/c1-7(2)6-13-11(14)8-3-4-9(12)10(5-8)17(15)16/h3-5,7H,6H2,1-2H3,(H,13,14)(H,15,16)/p-1. The first-order valence-corrected chi connectivity index (χ1v) is 6.54. The molecule has 0 radical (unpaired) electrons. The number of rotatable bonds is 4. The molecule has 6 heteroatoms.